The second-order valence-electron chi connectivity index (χ2n) is 4.66. The second kappa shape index (κ2) is 5.83. The van der Waals surface area contributed by atoms with Gasteiger partial charge in [-0.3, -0.25) is 0 Å². The summed E-state index contributed by atoms with van der Waals surface area (Å²) in [7, 11) is 0. The molecule has 0 spiro atoms. The van der Waals surface area contributed by atoms with Crippen molar-refractivity contribution in [2.24, 2.45) is 0 Å². The van der Waals surface area contributed by atoms with Gasteiger partial charge < -0.3 is 10.2 Å². The van der Waals surface area contributed by atoms with Gasteiger partial charge in [0.25, 0.3) is 0 Å². The monoisotopic (exact) mass is 247 g/mol. The molecule has 96 valence electrons. The molecule has 0 atom stereocenters. The molecular weight excluding hydrogens is 229 g/mol. The van der Waals surface area contributed by atoms with Gasteiger partial charge in [0.05, 0.1) is 17.3 Å². The molecule has 1 fully saturated rings. The van der Waals surface area contributed by atoms with Gasteiger partial charge in [0.2, 0.25) is 0 Å². The average Bonchev–Trinajstić information content (AvgIpc) is 2.42. The maximum absolute atomic E-state index is 13.7. The van der Waals surface area contributed by atoms with Gasteiger partial charge in [-0.2, -0.15) is 5.26 Å². The maximum atomic E-state index is 13.7. The van der Waals surface area contributed by atoms with Crippen LogP contribution in [0.2, 0.25) is 0 Å². The number of halogens is 1. The molecule has 0 saturated carbocycles. The number of rotatable bonds is 3. The highest BCUT2D eigenvalue weighted by Crippen LogP contribution is 2.20. The normalized spacial score (nSPS) is 17.4. The molecule has 18 heavy (non-hydrogen) atoms. The van der Waals surface area contributed by atoms with E-state index in [1.807, 2.05) is 6.07 Å². The van der Waals surface area contributed by atoms with Crippen molar-refractivity contribution >= 4 is 5.69 Å². The van der Waals surface area contributed by atoms with Crippen molar-refractivity contribution < 1.29 is 4.39 Å². The number of piperidine rings is 1. The Kier molecular flexibility index (Phi) is 4.16. The Morgan fingerprint density at radius 3 is 2.72 bits per heavy atom. The van der Waals surface area contributed by atoms with Crippen molar-refractivity contribution in [2.45, 2.75) is 25.8 Å². The van der Waals surface area contributed by atoms with Crippen molar-refractivity contribution in [2.75, 3.05) is 25.0 Å². The molecule has 1 saturated heterocycles. The third-order valence-electron chi connectivity index (χ3n) is 3.49. The Labute approximate surface area is 107 Å². The summed E-state index contributed by atoms with van der Waals surface area (Å²) in [6, 6.07) is 6.85. The Hall–Kier alpha value is -1.60. The van der Waals surface area contributed by atoms with E-state index < -0.39 is 0 Å². The lowest BCUT2D eigenvalue weighted by Gasteiger charge is -2.32. The summed E-state index contributed by atoms with van der Waals surface area (Å²) in [4.78, 5) is 2.40. The van der Waals surface area contributed by atoms with Gasteiger partial charge in [0.15, 0.2) is 0 Å². The molecule has 0 bridgehead atoms. The molecule has 1 aromatic carbocycles. The first-order valence-corrected chi connectivity index (χ1v) is 6.41. The van der Waals surface area contributed by atoms with Gasteiger partial charge in [-0.25, -0.2) is 4.39 Å². The van der Waals surface area contributed by atoms with Crippen molar-refractivity contribution in [3.63, 3.8) is 0 Å². The first kappa shape index (κ1) is 12.8. The van der Waals surface area contributed by atoms with E-state index in [0.717, 1.165) is 32.5 Å². The summed E-state index contributed by atoms with van der Waals surface area (Å²) in [6.07, 6.45) is 2.07. The fraction of sp³-hybridized carbons (Fsp3) is 0.500. The molecule has 0 aliphatic carbocycles. The molecule has 1 N–H and O–H groups in total. The minimum absolute atomic E-state index is 0.329. The molecule has 3 nitrogen and oxygen atoms in total. The summed E-state index contributed by atoms with van der Waals surface area (Å²) >= 11 is 0. The first-order valence-electron chi connectivity index (χ1n) is 6.41. The van der Waals surface area contributed by atoms with E-state index in [9.17, 15) is 4.39 Å². The number of nitrogens with one attached hydrogen (secondary N) is 1. The minimum Gasteiger partial charge on any atom is -0.380 e. The van der Waals surface area contributed by atoms with Gasteiger partial charge in [0.1, 0.15) is 5.82 Å². The maximum Gasteiger partial charge on any atom is 0.147 e. The van der Waals surface area contributed by atoms with Crippen molar-refractivity contribution in [1.29, 1.82) is 5.26 Å². The van der Waals surface area contributed by atoms with E-state index in [-0.39, 0.29) is 5.82 Å². The lowest BCUT2D eigenvalue weighted by atomic mass is 10.0. The van der Waals surface area contributed by atoms with Crippen molar-refractivity contribution in [3.05, 3.63) is 29.6 Å². The summed E-state index contributed by atoms with van der Waals surface area (Å²) in [5.74, 6) is -0.341. The molecule has 1 aromatic rings. The lowest BCUT2D eigenvalue weighted by molar-refractivity contribution is 0.229. The second-order valence-corrected chi connectivity index (χ2v) is 4.66. The molecule has 0 aromatic heterocycles. The summed E-state index contributed by atoms with van der Waals surface area (Å²) < 4.78 is 13.7. The largest absolute Gasteiger partial charge is 0.380 e. The zero-order chi connectivity index (χ0) is 13.0. The van der Waals surface area contributed by atoms with Gasteiger partial charge in [-0.1, -0.05) is 6.92 Å². The van der Waals surface area contributed by atoms with Gasteiger partial charge in [-0.05, 0) is 37.6 Å². The highest BCUT2D eigenvalue weighted by Gasteiger charge is 2.18. The van der Waals surface area contributed by atoms with Gasteiger partial charge in [0, 0.05) is 19.1 Å². The van der Waals surface area contributed by atoms with Crippen LogP contribution in [0.15, 0.2) is 18.2 Å². The van der Waals surface area contributed by atoms with E-state index in [1.54, 1.807) is 12.1 Å². The highest BCUT2D eigenvalue weighted by atomic mass is 19.1. The van der Waals surface area contributed by atoms with Crippen molar-refractivity contribution in [3.8, 4) is 6.07 Å². The highest BCUT2D eigenvalue weighted by molar-refractivity contribution is 5.49. The zero-order valence-corrected chi connectivity index (χ0v) is 10.6. The lowest BCUT2D eigenvalue weighted by Crippen LogP contribution is -2.38. The van der Waals surface area contributed by atoms with Crippen molar-refractivity contribution in [1.82, 2.24) is 4.90 Å². The molecule has 1 heterocycles. The third kappa shape index (κ3) is 2.99. The minimum atomic E-state index is -0.341. The first-order chi connectivity index (χ1) is 8.72. The fourth-order valence-electron chi connectivity index (χ4n) is 2.32. The van der Waals surface area contributed by atoms with Crippen LogP contribution in [0.1, 0.15) is 25.3 Å². The van der Waals surface area contributed by atoms with Crippen LogP contribution in [0.25, 0.3) is 0 Å². The van der Waals surface area contributed by atoms with Gasteiger partial charge >= 0.3 is 0 Å². The van der Waals surface area contributed by atoms with E-state index in [4.69, 9.17) is 5.26 Å². The Morgan fingerprint density at radius 1 is 1.44 bits per heavy atom. The predicted molar refractivity (Wildman–Crippen MR) is 69.9 cm³/mol. The van der Waals surface area contributed by atoms with Crippen LogP contribution in [-0.4, -0.2) is 30.6 Å². The molecule has 4 heteroatoms. The molecule has 2 rings (SSSR count). The third-order valence-corrected chi connectivity index (χ3v) is 3.49. The van der Waals surface area contributed by atoms with Crippen LogP contribution in [0.5, 0.6) is 0 Å². The van der Waals surface area contributed by atoms with Crippen LogP contribution in [0, 0.1) is 17.1 Å². The predicted octanol–water partition coefficient (Wildman–Crippen LogP) is 2.59. The smallest absolute Gasteiger partial charge is 0.147 e. The molecule has 0 radical (unpaired) electrons. The van der Waals surface area contributed by atoms with Crippen LogP contribution in [-0.2, 0) is 0 Å². The molecule has 0 unspecified atom stereocenters. The topological polar surface area (TPSA) is 39.1 Å². The van der Waals surface area contributed by atoms with E-state index in [1.165, 1.54) is 6.07 Å². The number of benzene rings is 1. The summed E-state index contributed by atoms with van der Waals surface area (Å²) in [5, 5.41) is 11.9. The molecule has 0 amide bonds. The van der Waals surface area contributed by atoms with Crippen LogP contribution in [0.4, 0.5) is 10.1 Å². The van der Waals surface area contributed by atoms with Gasteiger partial charge in [-0.15, -0.1) is 0 Å². The number of anilines is 1. The molecular formula is C14H18FN3. The quantitative estimate of drug-likeness (QED) is 0.892. The Balaban J connectivity index is 1.96. The zero-order valence-electron chi connectivity index (χ0n) is 10.6. The average molecular weight is 247 g/mol. The Morgan fingerprint density at radius 2 is 2.17 bits per heavy atom. The fourth-order valence-corrected chi connectivity index (χ4v) is 2.32. The van der Waals surface area contributed by atoms with E-state index >= 15 is 0 Å². The molecule has 1 aliphatic heterocycles. The number of nitrogens with zero attached hydrogens (tertiary/aromatic N) is 2. The van der Waals surface area contributed by atoms with E-state index in [2.05, 4.69) is 17.1 Å². The standard InChI is InChI=1S/C14H18FN3/c1-2-18-7-5-12(6-8-18)17-14-4-3-11(10-16)9-13(14)15/h3-4,9,12,17H,2,5-8H2,1H3. The summed E-state index contributed by atoms with van der Waals surface area (Å²) in [5.41, 5.74) is 0.864. The number of hydrogen-bond acceptors (Lipinski definition) is 3. The van der Waals surface area contributed by atoms with E-state index in [0.29, 0.717) is 17.3 Å². The molecule has 1 aliphatic rings. The Bertz CT molecular complexity index is 445. The number of hydrogen-bond donors (Lipinski definition) is 1. The SMILES string of the molecule is CCN1CCC(Nc2ccc(C#N)cc2F)CC1. The summed E-state index contributed by atoms with van der Waals surface area (Å²) in [6.45, 7) is 5.37. The number of nitriles is 1. The van der Waals surface area contributed by atoms with Crippen LogP contribution in [0.3, 0.4) is 0 Å². The van der Waals surface area contributed by atoms with Crippen LogP contribution >= 0.6 is 0 Å². The van der Waals surface area contributed by atoms with Crippen LogP contribution < -0.4 is 5.32 Å². The number of likely N-dealkylation sites (tertiary alicyclic amines) is 1.